The van der Waals surface area contributed by atoms with Gasteiger partial charge in [0.15, 0.2) is 0 Å². The van der Waals surface area contributed by atoms with Gasteiger partial charge in [-0.3, -0.25) is 0 Å². The summed E-state index contributed by atoms with van der Waals surface area (Å²) in [7, 11) is 0. The van der Waals surface area contributed by atoms with Crippen LogP contribution in [0.3, 0.4) is 0 Å². The molecule has 0 bridgehead atoms. The van der Waals surface area contributed by atoms with Crippen LogP contribution in [0.25, 0.3) is 11.3 Å². The summed E-state index contributed by atoms with van der Waals surface area (Å²) in [5.41, 5.74) is 7.20. The predicted octanol–water partition coefficient (Wildman–Crippen LogP) is 4.24. The summed E-state index contributed by atoms with van der Waals surface area (Å²) >= 11 is 0. The van der Waals surface area contributed by atoms with Crippen LogP contribution in [0.1, 0.15) is 41.0 Å². The number of nitrogens with zero attached hydrogens (tertiary/aromatic N) is 1. The number of nitrogens with one attached hydrogen (secondary N) is 1. The van der Waals surface area contributed by atoms with Crippen LogP contribution < -0.4 is 5.73 Å². The molecule has 4 N–H and O–H groups in total. The van der Waals surface area contributed by atoms with E-state index in [1.54, 1.807) is 6.07 Å². The first-order valence-corrected chi connectivity index (χ1v) is 7.44. The summed E-state index contributed by atoms with van der Waals surface area (Å²) in [4.78, 5) is 4.18. The minimum Gasteiger partial charge on any atom is -0.507 e. The molecule has 7 heteroatoms. The maximum Gasteiger partial charge on any atom is 0.416 e. The molecule has 4 nitrogen and oxygen atoms in total. The van der Waals surface area contributed by atoms with Crippen molar-refractivity contribution in [3.8, 4) is 17.0 Å². The van der Waals surface area contributed by atoms with Gasteiger partial charge in [-0.25, -0.2) is 4.98 Å². The number of aryl methyl sites for hydroxylation is 1. The van der Waals surface area contributed by atoms with E-state index in [2.05, 4.69) is 4.98 Å². The molecule has 1 aliphatic carbocycles. The fraction of sp³-hybridized carbons (Fsp3) is 0.294. The van der Waals surface area contributed by atoms with E-state index in [0.717, 1.165) is 30.7 Å². The van der Waals surface area contributed by atoms with Gasteiger partial charge in [-0.1, -0.05) is 0 Å². The van der Waals surface area contributed by atoms with Gasteiger partial charge >= 0.3 is 6.18 Å². The molecule has 0 saturated heterocycles. The monoisotopic (exact) mass is 335 g/mol. The number of benzene rings is 1. The van der Waals surface area contributed by atoms with E-state index in [1.165, 1.54) is 6.92 Å². The lowest BCUT2D eigenvalue weighted by Gasteiger charge is -2.15. The summed E-state index contributed by atoms with van der Waals surface area (Å²) in [6.45, 7) is 1.49. The summed E-state index contributed by atoms with van der Waals surface area (Å²) in [6, 6.07) is 3.39. The number of nitrogen functional groups attached to an aromatic ring is 1. The van der Waals surface area contributed by atoms with E-state index in [9.17, 15) is 18.3 Å². The lowest BCUT2D eigenvalue weighted by molar-refractivity contribution is -0.137. The topological polar surface area (TPSA) is 83.0 Å². The van der Waals surface area contributed by atoms with E-state index in [1.807, 2.05) is 0 Å². The lowest BCUT2D eigenvalue weighted by Crippen LogP contribution is -2.07. The molecule has 3 rings (SSSR count). The Bertz CT molecular complexity index is 804. The van der Waals surface area contributed by atoms with E-state index in [-0.39, 0.29) is 22.9 Å². The number of phenolic OH excluding ortho intramolecular Hbond substituents is 1. The van der Waals surface area contributed by atoms with Gasteiger partial charge in [-0.2, -0.15) is 13.2 Å². The lowest BCUT2D eigenvalue weighted by atomic mass is 9.96. The number of phenols is 1. The Hall–Kier alpha value is -2.57. The number of aromatic hydroxyl groups is 1. The highest BCUT2D eigenvalue weighted by molar-refractivity contribution is 5.88. The average Bonchev–Trinajstić information content (AvgIpc) is 3.29. The number of halogens is 3. The van der Waals surface area contributed by atoms with E-state index in [0.29, 0.717) is 17.3 Å². The van der Waals surface area contributed by atoms with Crippen molar-refractivity contribution in [2.24, 2.45) is 0 Å². The third-order valence-corrected chi connectivity index (χ3v) is 4.18. The first-order chi connectivity index (χ1) is 11.2. The maximum atomic E-state index is 12.9. The van der Waals surface area contributed by atoms with E-state index in [4.69, 9.17) is 11.1 Å². The molecule has 24 heavy (non-hydrogen) atoms. The van der Waals surface area contributed by atoms with Crippen LogP contribution in [0.2, 0.25) is 0 Å². The molecular weight excluding hydrogens is 319 g/mol. The van der Waals surface area contributed by atoms with Crippen molar-refractivity contribution in [1.82, 2.24) is 4.98 Å². The fourth-order valence-electron chi connectivity index (χ4n) is 2.88. The van der Waals surface area contributed by atoms with Crippen molar-refractivity contribution in [3.05, 3.63) is 40.5 Å². The Balaban J connectivity index is 2.18. The second-order valence-corrected chi connectivity index (χ2v) is 6.00. The van der Waals surface area contributed by atoms with E-state index >= 15 is 0 Å². The van der Waals surface area contributed by atoms with Gasteiger partial charge in [-0.15, -0.1) is 0 Å². The van der Waals surface area contributed by atoms with Crippen molar-refractivity contribution in [2.45, 2.75) is 31.9 Å². The Morgan fingerprint density at radius 3 is 2.46 bits per heavy atom. The molecule has 0 amide bonds. The van der Waals surface area contributed by atoms with Crippen molar-refractivity contribution in [1.29, 1.82) is 5.41 Å². The Morgan fingerprint density at radius 1 is 1.29 bits per heavy atom. The van der Waals surface area contributed by atoms with Crippen LogP contribution in [0, 0.1) is 12.3 Å². The van der Waals surface area contributed by atoms with Crippen LogP contribution >= 0.6 is 0 Å². The molecule has 0 atom stereocenters. The molecule has 1 heterocycles. The molecule has 0 aliphatic heterocycles. The zero-order chi connectivity index (χ0) is 17.6. The fourth-order valence-corrected chi connectivity index (χ4v) is 2.88. The summed E-state index contributed by atoms with van der Waals surface area (Å²) in [5, 5.41) is 17.6. The molecule has 126 valence electrons. The third-order valence-electron chi connectivity index (χ3n) is 4.18. The van der Waals surface area contributed by atoms with Crippen LogP contribution in [-0.4, -0.2) is 16.3 Å². The van der Waals surface area contributed by atoms with Crippen molar-refractivity contribution >= 4 is 12.0 Å². The molecule has 1 saturated carbocycles. The number of rotatable bonds is 3. The highest BCUT2D eigenvalue weighted by atomic mass is 19.4. The SMILES string of the molecule is Cc1cc(C(F)(F)F)cc(O)c1-c1cc(C2CC2)c(C=N)c(N)n1. The molecule has 1 aliphatic rings. The standard InChI is InChI=1S/C17H16F3N3O/c1-8-4-10(17(18,19)20)5-14(24)15(8)13-6-11(9-2-3-9)12(7-21)16(22)23-13/h4-7,9,21,24H,2-3H2,1H3,(H2,22,23). The van der Waals surface area contributed by atoms with Crippen LogP contribution in [0.5, 0.6) is 5.75 Å². The van der Waals surface area contributed by atoms with Crippen LogP contribution in [0.4, 0.5) is 19.0 Å². The molecular formula is C17H16F3N3O. The zero-order valence-corrected chi connectivity index (χ0v) is 12.9. The first kappa shape index (κ1) is 16.3. The summed E-state index contributed by atoms with van der Waals surface area (Å²) < 4.78 is 38.6. The Kier molecular flexibility index (Phi) is 3.74. The number of anilines is 1. The zero-order valence-electron chi connectivity index (χ0n) is 12.9. The molecule has 0 radical (unpaired) electrons. The maximum absolute atomic E-state index is 12.9. The molecule has 0 unspecified atom stereocenters. The largest absolute Gasteiger partial charge is 0.507 e. The highest BCUT2D eigenvalue weighted by Gasteiger charge is 2.33. The number of hydrogen-bond donors (Lipinski definition) is 3. The minimum atomic E-state index is -4.53. The molecule has 1 aromatic heterocycles. The van der Waals surface area contributed by atoms with Crippen molar-refractivity contribution < 1.29 is 18.3 Å². The second-order valence-electron chi connectivity index (χ2n) is 6.00. The number of aromatic nitrogens is 1. The van der Waals surface area contributed by atoms with Crippen molar-refractivity contribution in [3.63, 3.8) is 0 Å². The molecule has 0 spiro atoms. The second kappa shape index (κ2) is 5.51. The Labute approximate surface area is 136 Å². The smallest absolute Gasteiger partial charge is 0.416 e. The number of nitrogens with two attached hydrogens (primary N) is 1. The molecule has 1 fully saturated rings. The van der Waals surface area contributed by atoms with Gasteiger partial charge in [0, 0.05) is 17.3 Å². The van der Waals surface area contributed by atoms with Crippen molar-refractivity contribution in [2.75, 3.05) is 5.73 Å². The van der Waals surface area contributed by atoms with Gasteiger partial charge in [0.2, 0.25) is 0 Å². The van der Waals surface area contributed by atoms with Gasteiger partial charge < -0.3 is 16.2 Å². The normalized spacial score (nSPS) is 14.7. The van der Waals surface area contributed by atoms with Gasteiger partial charge in [-0.05, 0) is 55.0 Å². The van der Waals surface area contributed by atoms with Gasteiger partial charge in [0.1, 0.15) is 11.6 Å². The molecule has 1 aromatic carbocycles. The average molecular weight is 335 g/mol. The van der Waals surface area contributed by atoms with Gasteiger partial charge in [0.25, 0.3) is 0 Å². The van der Waals surface area contributed by atoms with Crippen LogP contribution in [-0.2, 0) is 6.18 Å². The minimum absolute atomic E-state index is 0.142. The first-order valence-electron chi connectivity index (χ1n) is 7.44. The summed E-state index contributed by atoms with van der Waals surface area (Å²) in [6.07, 6.45) is -1.45. The quantitative estimate of drug-likeness (QED) is 0.734. The van der Waals surface area contributed by atoms with Crippen LogP contribution in [0.15, 0.2) is 18.2 Å². The Morgan fingerprint density at radius 2 is 1.96 bits per heavy atom. The molecule has 2 aromatic rings. The third kappa shape index (κ3) is 2.81. The number of hydrogen-bond acceptors (Lipinski definition) is 4. The highest BCUT2D eigenvalue weighted by Crippen LogP contribution is 2.45. The van der Waals surface area contributed by atoms with Gasteiger partial charge in [0.05, 0.1) is 11.3 Å². The van der Waals surface area contributed by atoms with E-state index < -0.39 is 17.5 Å². The number of pyridine rings is 1. The number of alkyl halides is 3. The summed E-state index contributed by atoms with van der Waals surface area (Å²) in [5.74, 6) is -0.0655. The predicted molar refractivity (Wildman–Crippen MR) is 85.3 cm³/mol.